The van der Waals surface area contributed by atoms with Gasteiger partial charge in [0.15, 0.2) is 5.78 Å². The Morgan fingerprint density at radius 1 is 1.29 bits per heavy atom. The lowest BCUT2D eigenvalue weighted by Gasteiger charge is -2.06. The van der Waals surface area contributed by atoms with Gasteiger partial charge in [0.1, 0.15) is 0 Å². The number of ketones is 1. The first-order chi connectivity index (χ1) is 9.97. The molecule has 5 heteroatoms. The minimum absolute atomic E-state index is 0.0221. The Bertz CT molecular complexity index is 677. The molecule has 2 rings (SSSR count). The van der Waals surface area contributed by atoms with Crippen molar-refractivity contribution in [3.63, 3.8) is 0 Å². The molecule has 1 aromatic heterocycles. The first kappa shape index (κ1) is 16.1. The summed E-state index contributed by atoms with van der Waals surface area (Å²) in [6.45, 7) is 6.57. The topological polar surface area (TPSA) is 34.9 Å². The number of rotatable bonds is 5. The van der Waals surface area contributed by atoms with Gasteiger partial charge in [0.05, 0.1) is 22.8 Å². The average Bonchev–Trinajstić information content (AvgIpc) is 2.78. The van der Waals surface area contributed by atoms with Crippen LogP contribution in [0.15, 0.2) is 18.2 Å². The molecular weight excluding hydrogens is 307 g/mol. The van der Waals surface area contributed by atoms with Gasteiger partial charge in [-0.2, -0.15) is 5.10 Å². The van der Waals surface area contributed by atoms with E-state index in [0.29, 0.717) is 22.2 Å². The van der Waals surface area contributed by atoms with Crippen molar-refractivity contribution in [2.75, 3.05) is 0 Å². The normalized spacial score (nSPS) is 10.9. The van der Waals surface area contributed by atoms with E-state index in [1.54, 1.807) is 12.1 Å². The minimum atomic E-state index is 0.0221. The average molecular weight is 325 g/mol. The summed E-state index contributed by atoms with van der Waals surface area (Å²) in [6, 6.07) is 5.31. The SMILES string of the molecule is CCc1nn(CC)c(CC(=O)c2ccc(Cl)c(C)c2)c1Cl. The molecule has 0 saturated carbocycles. The van der Waals surface area contributed by atoms with Crippen LogP contribution >= 0.6 is 23.2 Å². The summed E-state index contributed by atoms with van der Waals surface area (Å²) in [6.07, 6.45) is 1.01. The molecule has 0 amide bonds. The number of halogens is 2. The zero-order chi connectivity index (χ0) is 15.6. The summed E-state index contributed by atoms with van der Waals surface area (Å²) in [5.74, 6) is 0.0221. The Balaban J connectivity index is 2.31. The molecule has 1 heterocycles. The monoisotopic (exact) mass is 324 g/mol. The smallest absolute Gasteiger partial charge is 0.168 e. The van der Waals surface area contributed by atoms with Gasteiger partial charge in [-0.3, -0.25) is 9.48 Å². The van der Waals surface area contributed by atoms with E-state index in [-0.39, 0.29) is 12.2 Å². The zero-order valence-electron chi connectivity index (χ0n) is 12.4. The van der Waals surface area contributed by atoms with Crippen LogP contribution in [0.5, 0.6) is 0 Å². The fourth-order valence-corrected chi connectivity index (χ4v) is 2.71. The molecule has 0 aliphatic carbocycles. The van der Waals surface area contributed by atoms with Crippen molar-refractivity contribution in [2.24, 2.45) is 0 Å². The lowest BCUT2D eigenvalue weighted by atomic mass is 10.0. The molecule has 2 aromatic rings. The number of carbonyl (C=O) groups is 1. The lowest BCUT2D eigenvalue weighted by molar-refractivity contribution is 0.0990. The first-order valence-electron chi connectivity index (χ1n) is 7.01. The Morgan fingerprint density at radius 3 is 2.57 bits per heavy atom. The molecule has 0 bridgehead atoms. The Kier molecular flexibility index (Phi) is 5.07. The molecule has 112 valence electrons. The number of benzene rings is 1. The van der Waals surface area contributed by atoms with E-state index in [1.807, 2.05) is 31.5 Å². The van der Waals surface area contributed by atoms with Gasteiger partial charge in [-0.25, -0.2) is 0 Å². The highest BCUT2D eigenvalue weighted by molar-refractivity contribution is 6.32. The fraction of sp³-hybridized carbons (Fsp3) is 0.375. The Hall–Kier alpha value is -1.32. The highest BCUT2D eigenvalue weighted by atomic mass is 35.5. The zero-order valence-corrected chi connectivity index (χ0v) is 13.9. The van der Waals surface area contributed by atoms with Gasteiger partial charge in [0, 0.05) is 17.1 Å². The molecule has 0 atom stereocenters. The summed E-state index contributed by atoms with van der Waals surface area (Å²) in [5.41, 5.74) is 3.17. The van der Waals surface area contributed by atoms with Gasteiger partial charge in [-0.1, -0.05) is 30.1 Å². The summed E-state index contributed by atoms with van der Waals surface area (Å²) < 4.78 is 1.81. The van der Waals surface area contributed by atoms with Crippen LogP contribution in [0.3, 0.4) is 0 Å². The number of hydrogen-bond acceptors (Lipinski definition) is 2. The molecule has 0 spiro atoms. The Morgan fingerprint density at radius 2 is 2.00 bits per heavy atom. The van der Waals surface area contributed by atoms with Crippen LogP contribution in [0.2, 0.25) is 10.0 Å². The molecule has 0 N–H and O–H groups in total. The van der Waals surface area contributed by atoms with Crippen molar-refractivity contribution in [2.45, 2.75) is 40.2 Å². The van der Waals surface area contributed by atoms with Gasteiger partial charge in [-0.15, -0.1) is 0 Å². The van der Waals surface area contributed by atoms with Gasteiger partial charge in [0.2, 0.25) is 0 Å². The molecule has 0 fully saturated rings. The predicted octanol–water partition coefficient (Wildman–Crippen LogP) is 4.51. The molecule has 0 unspecified atom stereocenters. The summed E-state index contributed by atoms with van der Waals surface area (Å²) in [5, 5.41) is 5.71. The van der Waals surface area contributed by atoms with Gasteiger partial charge in [-0.05, 0) is 44.0 Å². The van der Waals surface area contributed by atoms with Crippen molar-refractivity contribution in [1.82, 2.24) is 9.78 Å². The van der Waals surface area contributed by atoms with Gasteiger partial charge >= 0.3 is 0 Å². The molecule has 0 aliphatic rings. The fourth-order valence-electron chi connectivity index (χ4n) is 2.26. The summed E-state index contributed by atoms with van der Waals surface area (Å²) in [4.78, 5) is 12.5. The van der Waals surface area contributed by atoms with Crippen LogP contribution in [0.25, 0.3) is 0 Å². The van der Waals surface area contributed by atoms with E-state index in [0.717, 1.165) is 23.4 Å². The molecule has 1 aromatic carbocycles. The number of nitrogens with zero attached hydrogens (tertiary/aromatic N) is 2. The van der Waals surface area contributed by atoms with Crippen LogP contribution < -0.4 is 0 Å². The van der Waals surface area contributed by atoms with Crippen LogP contribution in [0.4, 0.5) is 0 Å². The van der Waals surface area contributed by atoms with Crippen molar-refractivity contribution in [3.8, 4) is 0 Å². The molecule has 0 saturated heterocycles. The second-order valence-electron chi connectivity index (χ2n) is 4.94. The van der Waals surface area contributed by atoms with E-state index in [2.05, 4.69) is 5.10 Å². The van der Waals surface area contributed by atoms with Crippen LogP contribution in [0, 0.1) is 6.92 Å². The van der Waals surface area contributed by atoms with Crippen molar-refractivity contribution >= 4 is 29.0 Å². The van der Waals surface area contributed by atoms with E-state index in [9.17, 15) is 4.79 Å². The molecule has 21 heavy (non-hydrogen) atoms. The minimum Gasteiger partial charge on any atom is -0.294 e. The number of carbonyl (C=O) groups excluding carboxylic acids is 1. The largest absolute Gasteiger partial charge is 0.294 e. The van der Waals surface area contributed by atoms with Crippen LogP contribution in [-0.4, -0.2) is 15.6 Å². The summed E-state index contributed by atoms with van der Waals surface area (Å²) >= 11 is 12.3. The quantitative estimate of drug-likeness (QED) is 0.758. The number of aryl methyl sites for hydroxylation is 3. The van der Waals surface area contributed by atoms with E-state index >= 15 is 0 Å². The van der Waals surface area contributed by atoms with E-state index < -0.39 is 0 Å². The summed E-state index contributed by atoms with van der Waals surface area (Å²) in [7, 11) is 0. The molecular formula is C16H18Cl2N2O. The second-order valence-corrected chi connectivity index (χ2v) is 5.73. The lowest BCUT2D eigenvalue weighted by Crippen LogP contribution is -2.10. The third-order valence-electron chi connectivity index (χ3n) is 3.50. The highest BCUT2D eigenvalue weighted by Gasteiger charge is 2.18. The number of Topliss-reactive ketones (excluding diaryl/α,β-unsaturated/α-hetero) is 1. The molecule has 0 aliphatic heterocycles. The molecule has 0 radical (unpaired) electrons. The maximum atomic E-state index is 12.5. The first-order valence-corrected chi connectivity index (χ1v) is 7.76. The Labute approximate surface area is 134 Å². The van der Waals surface area contributed by atoms with Gasteiger partial charge in [0.25, 0.3) is 0 Å². The van der Waals surface area contributed by atoms with Crippen LogP contribution in [0.1, 0.15) is 41.2 Å². The van der Waals surface area contributed by atoms with Crippen molar-refractivity contribution in [1.29, 1.82) is 0 Å². The third kappa shape index (κ3) is 3.30. The second kappa shape index (κ2) is 6.63. The number of aromatic nitrogens is 2. The van der Waals surface area contributed by atoms with E-state index in [4.69, 9.17) is 23.2 Å². The van der Waals surface area contributed by atoms with Crippen LogP contribution in [-0.2, 0) is 19.4 Å². The third-order valence-corrected chi connectivity index (χ3v) is 4.36. The standard InChI is InChI=1S/C16H18Cl2N2O/c1-4-13-16(18)14(20(5-2)19-13)9-15(21)11-6-7-12(17)10(3)8-11/h6-8H,4-5,9H2,1-3H3. The van der Waals surface area contributed by atoms with E-state index in [1.165, 1.54) is 0 Å². The van der Waals surface area contributed by atoms with Gasteiger partial charge < -0.3 is 0 Å². The predicted molar refractivity (Wildman–Crippen MR) is 86.5 cm³/mol. The maximum Gasteiger partial charge on any atom is 0.168 e. The maximum absolute atomic E-state index is 12.5. The number of hydrogen-bond donors (Lipinski definition) is 0. The van der Waals surface area contributed by atoms with Crippen molar-refractivity contribution in [3.05, 3.63) is 50.8 Å². The highest BCUT2D eigenvalue weighted by Crippen LogP contribution is 2.24. The van der Waals surface area contributed by atoms with Crippen molar-refractivity contribution < 1.29 is 4.79 Å². The molecule has 3 nitrogen and oxygen atoms in total.